The number of rotatable bonds is 5. The summed E-state index contributed by atoms with van der Waals surface area (Å²) in [7, 11) is 0. The molecule has 1 aliphatic rings. The summed E-state index contributed by atoms with van der Waals surface area (Å²) in [4.78, 5) is 1.97. The lowest BCUT2D eigenvalue weighted by Crippen LogP contribution is -2.31. The predicted molar refractivity (Wildman–Crippen MR) is 80.6 cm³/mol. The van der Waals surface area contributed by atoms with Gasteiger partial charge >= 0.3 is 0 Å². The Morgan fingerprint density at radius 2 is 2.25 bits per heavy atom. The summed E-state index contributed by atoms with van der Waals surface area (Å²) in [6.45, 7) is 8.08. The molecule has 1 aromatic carbocycles. The Morgan fingerprint density at radius 3 is 2.85 bits per heavy atom. The highest BCUT2D eigenvalue weighted by Crippen LogP contribution is 2.34. The molecule has 112 valence electrons. The molecular weight excluding hydrogens is 255 g/mol. The Hall–Kier alpha value is -1.13. The van der Waals surface area contributed by atoms with E-state index in [2.05, 4.69) is 19.2 Å². The summed E-state index contributed by atoms with van der Waals surface area (Å²) in [5.74, 6) is -0.203. The SMILES string of the molecule is CCCNC(C)c1cccc(F)c1N1CCC(C)(O)C1. The van der Waals surface area contributed by atoms with Crippen LogP contribution in [-0.4, -0.2) is 30.3 Å². The Morgan fingerprint density at radius 1 is 1.50 bits per heavy atom. The van der Waals surface area contributed by atoms with Gasteiger partial charge in [0.15, 0.2) is 0 Å². The van der Waals surface area contributed by atoms with E-state index in [1.54, 1.807) is 6.07 Å². The number of hydrogen-bond donors (Lipinski definition) is 2. The molecule has 0 saturated carbocycles. The van der Waals surface area contributed by atoms with E-state index in [9.17, 15) is 9.50 Å². The highest BCUT2D eigenvalue weighted by Gasteiger charge is 2.34. The number of nitrogens with one attached hydrogen (secondary N) is 1. The monoisotopic (exact) mass is 280 g/mol. The number of benzene rings is 1. The Bertz CT molecular complexity index is 462. The fourth-order valence-electron chi connectivity index (χ4n) is 2.82. The maximum absolute atomic E-state index is 14.3. The van der Waals surface area contributed by atoms with Crippen LogP contribution in [0, 0.1) is 5.82 Å². The molecule has 0 aromatic heterocycles. The molecule has 2 rings (SSSR count). The minimum absolute atomic E-state index is 0.103. The first-order valence-corrected chi connectivity index (χ1v) is 7.44. The van der Waals surface area contributed by atoms with Crippen LogP contribution < -0.4 is 10.2 Å². The van der Waals surface area contributed by atoms with Crippen molar-refractivity contribution in [2.45, 2.75) is 45.3 Å². The van der Waals surface area contributed by atoms with Crippen molar-refractivity contribution in [2.24, 2.45) is 0 Å². The third-order valence-electron chi connectivity index (χ3n) is 3.95. The number of halogens is 1. The molecule has 0 spiro atoms. The van der Waals surface area contributed by atoms with Gasteiger partial charge in [-0.1, -0.05) is 19.1 Å². The average molecular weight is 280 g/mol. The molecule has 2 atom stereocenters. The molecule has 0 radical (unpaired) electrons. The number of hydrogen-bond acceptors (Lipinski definition) is 3. The van der Waals surface area contributed by atoms with E-state index in [4.69, 9.17) is 0 Å². The van der Waals surface area contributed by atoms with E-state index >= 15 is 0 Å². The second kappa shape index (κ2) is 6.10. The summed E-state index contributed by atoms with van der Waals surface area (Å²) in [5, 5.41) is 13.5. The molecule has 3 nitrogen and oxygen atoms in total. The lowest BCUT2D eigenvalue weighted by Gasteiger charge is -2.26. The van der Waals surface area contributed by atoms with Gasteiger partial charge in [0.05, 0.1) is 11.3 Å². The van der Waals surface area contributed by atoms with Gasteiger partial charge in [0, 0.05) is 19.1 Å². The molecule has 1 aromatic rings. The van der Waals surface area contributed by atoms with Crippen LogP contribution in [0.4, 0.5) is 10.1 Å². The minimum atomic E-state index is -0.723. The van der Waals surface area contributed by atoms with Crippen LogP contribution in [0.15, 0.2) is 18.2 Å². The number of β-amino-alcohol motifs (C(OH)–C–C–N with tert-alkyl or cyclic N) is 1. The van der Waals surface area contributed by atoms with Gasteiger partial charge < -0.3 is 15.3 Å². The summed E-state index contributed by atoms with van der Waals surface area (Å²) in [6, 6.07) is 5.33. The van der Waals surface area contributed by atoms with Crippen molar-refractivity contribution in [1.82, 2.24) is 5.32 Å². The molecule has 0 amide bonds. The maximum Gasteiger partial charge on any atom is 0.146 e. The van der Waals surface area contributed by atoms with E-state index < -0.39 is 5.60 Å². The summed E-state index contributed by atoms with van der Waals surface area (Å²) in [5.41, 5.74) is 0.886. The lowest BCUT2D eigenvalue weighted by atomic mass is 10.0. The van der Waals surface area contributed by atoms with Crippen molar-refractivity contribution in [3.8, 4) is 0 Å². The minimum Gasteiger partial charge on any atom is -0.388 e. The predicted octanol–water partition coefficient (Wildman–Crippen LogP) is 2.85. The molecule has 2 N–H and O–H groups in total. The lowest BCUT2D eigenvalue weighted by molar-refractivity contribution is 0.0839. The molecule has 2 unspecified atom stereocenters. The van der Waals surface area contributed by atoms with E-state index in [1.807, 2.05) is 17.9 Å². The van der Waals surface area contributed by atoms with Crippen molar-refractivity contribution >= 4 is 5.69 Å². The molecular formula is C16H25FN2O. The van der Waals surface area contributed by atoms with Crippen LogP contribution in [0.5, 0.6) is 0 Å². The van der Waals surface area contributed by atoms with Crippen LogP contribution in [-0.2, 0) is 0 Å². The van der Waals surface area contributed by atoms with Crippen molar-refractivity contribution in [2.75, 3.05) is 24.5 Å². The third-order valence-corrected chi connectivity index (χ3v) is 3.95. The first-order valence-electron chi connectivity index (χ1n) is 7.44. The quantitative estimate of drug-likeness (QED) is 0.870. The van der Waals surface area contributed by atoms with Gasteiger partial charge in [-0.3, -0.25) is 0 Å². The Balaban J connectivity index is 2.27. The van der Waals surface area contributed by atoms with Crippen LogP contribution >= 0.6 is 0 Å². The average Bonchev–Trinajstić information content (AvgIpc) is 2.75. The molecule has 0 aliphatic carbocycles. The smallest absolute Gasteiger partial charge is 0.146 e. The molecule has 20 heavy (non-hydrogen) atoms. The van der Waals surface area contributed by atoms with Crippen LogP contribution in [0.2, 0.25) is 0 Å². The largest absolute Gasteiger partial charge is 0.388 e. The number of nitrogens with zero attached hydrogens (tertiary/aromatic N) is 1. The van der Waals surface area contributed by atoms with E-state index in [-0.39, 0.29) is 11.9 Å². The first-order chi connectivity index (χ1) is 9.44. The topological polar surface area (TPSA) is 35.5 Å². The molecule has 1 saturated heterocycles. The van der Waals surface area contributed by atoms with Crippen molar-refractivity contribution in [3.05, 3.63) is 29.6 Å². The third kappa shape index (κ3) is 3.30. The number of aliphatic hydroxyl groups is 1. The van der Waals surface area contributed by atoms with Gasteiger partial charge in [-0.05, 0) is 44.9 Å². The highest BCUT2D eigenvalue weighted by molar-refractivity contribution is 5.57. The second-order valence-electron chi connectivity index (χ2n) is 6.02. The Labute approximate surface area is 120 Å². The zero-order valence-electron chi connectivity index (χ0n) is 12.6. The zero-order valence-corrected chi connectivity index (χ0v) is 12.6. The molecule has 0 bridgehead atoms. The van der Waals surface area contributed by atoms with E-state index in [1.165, 1.54) is 6.07 Å². The number of anilines is 1. The van der Waals surface area contributed by atoms with Crippen molar-refractivity contribution in [3.63, 3.8) is 0 Å². The zero-order chi connectivity index (χ0) is 14.8. The summed E-state index contributed by atoms with van der Waals surface area (Å²) < 4.78 is 14.3. The molecule has 1 fully saturated rings. The van der Waals surface area contributed by atoms with Gasteiger partial charge in [-0.2, -0.15) is 0 Å². The summed E-state index contributed by atoms with van der Waals surface area (Å²) in [6.07, 6.45) is 1.73. The van der Waals surface area contributed by atoms with Gasteiger partial charge in [-0.15, -0.1) is 0 Å². The highest BCUT2D eigenvalue weighted by atomic mass is 19.1. The molecule has 1 aliphatic heterocycles. The van der Waals surface area contributed by atoms with E-state index in [0.29, 0.717) is 25.2 Å². The normalized spacial score (nSPS) is 24.1. The molecule has 1 heterocycles. The molecule has 4 heteroatoms. The van der Waals surface area contributed by atoms with Gasteiger partial charge in [-0.25, -0.2) is 4.39 Å². The van der Waals surface area contributed by atoms with Gasteiger partial charge in [0.1, 0.15) is 5.82 Å². The van der Waals surface area contributed by atoms with Gasteiger partial charge in [0.2, 0.25) is 0 Å². The fourth-order valence-corrected chi connectivity index (χ4v) is 2.82. The van der Waals surface area contributed by atoms with Crippen LogP contribution in [0.3, 0.4) is 0 Å². The standard InChI is InChI=1S/C16H25FN2O/c1-4-9-18-12(2)13-6-5-7-14(17)15(13)19-10-8-16(3,20)11-19/h5-7,12,18,20H,4,8-11H2,1-3H3. The maximum atomic E-state index is 14.3. The van der Waals surface area contributed by atoms with Crippen molar-refractivity contribution in [1.29, 1.82) is 0 Å². The summed E-state index contributed by atoms with van der Waals surface area (Å²) >= 11 is 0. The fraction of sp³-hybridized carbons (Fsp3) is 0.625. The Kier molecular flexibility index (Phi) is 4.66. The van der Waals surface area contributed by atoms with Crippen LogP contribution in [0.25, 0.3) is 0 Å². The van der Waals surface area contributed by atoms with Crippen molar-refractivity contribution < 1.29 is 9.50 Å². The second-order valence-corrected chi connectivity index (χ2v) is 6.02. The van der Waals surface area contributed by atoms with Gasteiger partial charge in [0.25, 0.3) is 0 Å². The number of para-hydroxylation sites is 1. The van der Waals surface area contributed by atoms with E-state index in [0.717, 1.165) is 18.5 Å². The van der Waals surface area contributed by atoms with Crippen LogP contribution in [0.1, 0.15) is 45.2 Å². The first kappa shape index (κ1) is 15.3.